The number of hydrogen-bond acceptors (Lipinski definition) is 4. The van der Waals surface area contributed by atoms with Crippen molar-refractivity contribution in [3.8, 4) is 11.5 Å². The smallest absolute Gasteiger partial charge is 0.243 e. The number of carbonyl (C=O) groups is 1. The minimum absolute atomic E-state index is 0.206. The normalized spacial score (nSPS) is 10.9. The minimum Gasteiger partial charge on any atom is -0.493 e. The lowest BCUT2D eigenvalue weighted by Crippen LogP contribution is -2.20. The van der Waals surface area contributed by atoms with Crippen LogP contribution in [-0.4, -0.2) is 25.3 Å². The second-order valence-corrected chi connectivity index (χ2v) is 6.90. The lowest BCUT2D eigenvalue weighted by Gasteiger charge is -2.10. The molecular weight excluding hydrogens is 420 g/mol. The fourth-order valence-electron chi connectivity index (χ4n) is 2.73. The molecule has 0 aliphatic heterocycles. The lowest BCUT2D eigenvalue weighted by atomic mass is 10.0. The van der Waals surface area contributed by atoms with Crippen molar-refractivity contribution in [3.05, 3.63) is 70.7 Å². The Hall–Kier alpha value is -2.86. The predicted octanol–water partition coefficient (Wildman–Crippen LogP) is 4.92. The SMILES string of the molecule is CCOc1ccc2ccccc2c1/C=N\NC(=O)CCOc1cccc(Br)c1. The molecule has 0 heterocycles. The second-order valence-electron chi connectivity index (χ2n) is 5.98. The molecule has 144 valence electrons. The van der Waals surface area contributed by atoms with Gasteiger partial charge in [0.15, 0.2) is 0 Å². The molecule has 3 rings (SSSR count). The summed E-state index contributed by atoms with van der Waals surface area (Å²) < 4.78 is 12.2. The molecule has 0 saturated heterocycles. The molecule has 1 amide bonds. The van der Waals surface area contributed by atoms with Gasteiger partial charge in [-0.05, 0) is 42.0 Å². The lowest BCUT2D eigenvalue weighted by molar-refractivity contribution is -0.121. The predicted molar refractivity (Wildman–Crippen MR) is 115 cm³/mol. The fraction of sp³-hybridized carbons (Fsp3) is 0.182. The first-order valence-corrected chi connectivity index (χ1v) is 9.81. The number of carbonyl (C=O) groups excluding carboxylic acids is 1. The average molecular weight is 441 g/mol. The van der Waals surface area contributed by atoms with Gasteiger partial charge in [-0.3, -0.25) is 4.79 Å². The molecule has 0 saturated carbocycles. The summed E-state index contributed by atoms with van der Waals surface area (Å²) in [6, 6.07) is 19.4. The average Bonchev–Trinajstić information content (AvgIpc) is 2.69. The number of hydrazone groups is 1. The van der Waals surface area contributed by atoms with Gasteiger partial charge in [0.25, 0.3) is 0 Å². The van der Waals surface area contributed by atoms with Gasteiger partial charge < -0.3 is 9.47 Å². The molecule has 5 nitrogen and oxygen atoms in total. The van der Waals surface area contributed by atoms with E-state index < -0.39 is 0 Å². The van der Waals surface area contributed by atoms with Crippen LogP contribution >= 0.6 is 15.9 Å². The molecule has 3 aromatic rings. The summed E-state index contributed by atoms with van der Waals surface area (Å²) >= 11 is 3.38. The van der Waals surface area contributed by atoms with Crippen molar-refractivity contribution in [2.75, 3.05) is 13.2 Å². The Labute approximate surface area is 172 Å². The van der Waals surface area contributed by atoms with Crippen molar-refractivity contribution in [2.45, 2.75) is 13.3 Å². The highest BCUT2D eigenvalue weighted by molar-refractivity contribution is 9.10. The van der Waals surface area contributed by atoms with Gasteiger partial charge in [0.1, 0.15) is 11.5 Å². The van der Waals surface area contributed by atoms with E-state index in [1.54, 1.807) is 6.21 Å². The van der Waals surface area contributed by atoms with Crippen LogP contribution in [0, 0.1) is 0 Å². The van der Waals surface area contributed by atoms with E-state index >= 15 is 0 Å². The highest BCUT2D eigenvalue weighted by Gasteiger charge is 2.07. The Morgan fingerprint density at radius 1 is 1.11 bits per heavy atom. The van der Waals surface area contributed by atoms with Crippen molar-refractivity contribution >= 4 is 38.8 Å². The number of nitrogens with one attached hydrogen (secondary N) is 1. The number of amides is 1. The fourth-order valence-corrected chi connectivity index (χ4v) is 3.11. The third kappa shape index (κ3) is 5.33. The molecule has 3 aromatic carbocycles. The molecule has 0 unspecified atom stereocenters. The largest absolute Gasteiger partial charge is 0.493 e. The maximum atomic E-state index is 12.0. The molecule has 0 aliphatic carbocycles. The Bertz CT molecular complexity index is 988. The van der Waals surface area contributed by atoms with E-state index in [-0.39, 0.29) is 18.9 Å². The van der Waals surface area contributed by atoms with Gasteiger partial charge >= 0.3 is 0 Å². The number of nitrogens with zero attached hydrogens (tertiary/aromatic N) is 1. The van der Waals surface area contributed by atoms with Crippen molar-refractivity contribution in [1.82, 2.24) is 5.43 Å². The van der Waals surface area contributed by atoms with Crippen molar-refractivity contribution in [1.29, 1.82) is 0 Å². The van der Waals surface area contributed by atoms with E-state index in [1.165, 1.54) is 0 Å². The van der Waals surface area contributed by atoms with Crippen LogP contribution in [0.4, 0.5) is 0 Å². The standard InChI is InChI=1S/C22H21BrN2O3/c1-2-27-21-11-10-16-6-3-4-9-19(16)20(21)15-24-25-22(26)12-13-28-18-8-5-7-17(23)14-18/h3-11,14-15H,2,12-13H2,1H3,(H,25,26)/b24-15-. The summed E-state index contributed by atoms with van der Waals surface area (Å²) in [6.07, 6.45) is 1.83. The van der Waals surface area contributed by atoms with Gasteiger partial charge in [0.2, 0.25) is 5.91 Å². The number of hydrogen-bond donors (Lipinski definition) is 1. The van der Waals surface area contributed by atoms with E-state index in [0.717, 1.165) is 26.6 Å². The zero-order valence-electron chi connectivity index (χ0n) is 15.5. The van der Waals surface area contributed by atoms with Crippen LogP contribution in [0.2, 0.25) is 0 Å². The molecule has 0 bridgehead atoms. The molecule has 0 atom stereocenters. The van der Waals surface area contributed by atoms with E-state index in [0.29, 0.717) is 12.4 Å². The number of benzene rings is 3. The molecule has 1 N–H and O–H groups in total. The van der Waals surface area contributed by atoms with Crippen LogP contribution in [-0.2, 0) is 4.79 Å². The second kappa shape index (κ2) is 9.90. The van der Waals surface area contributed by atoms with Gasteiger partial charge in [-0.25, -0.2) is 5.43 Å². The number of ether oxygens (including phenoxy) is 2. The summed E-state index contributed by atoms with van der Waals surface area (Å²) in [5, 5.41) is 6.21. The summed E-state index contributed by atoms with van der Waals surface area (Å²) in [4.78, 5) is 12.0. The van der Waals surface area contributed by atoms with Gasteiger partial charge in [-0.1, -0.05) is 52.3 Å². The first-order valence-electron chi connectivity index (χ1n) is 9.02. The first-order chi connectivity index (χ1) is 13.7. The van der Waals surface area contributed by atoms with E-state index in [4.69, 9.17) is 9.47 Å². The third-order valence-electron chi connectivity index (χ3n) is 4.01. The van der Waals surface area contributed by atoms with Crippen LogP contribution in [0.15, 0.2) is 70.2 Å². The summed E-state index contributed by atoms with van der Waals surface area (Å²) in [5.74, 6) is 1.23. The highest BCUT2D eigenvalue weighted by Crippen LogP contribution is 2.26. The topological polar surface area (TPSA) is 59.9 Å². The monoisotopic (exact) mass is 440 g/mol. The Morgan fingerprint density at radius 2 is 1.96 bits per heavy atom. The zero-order valence-corrected chi connectivity index (χ0v) is 17.1. The Balaban J connectivity index is 1.60. The molecule has 0 spiro atoms. The van der Waals surface area contributed by atoms with Gasteiger partial charge in [0.05, 0.1) is 25.8 Å². The van der Waals surface area contributed by atoms with E-state index in [2.05, 4.69) is 26.5 Å². The van der Waals surface area contributed by atoms with E-state index in [9.17, 15) is 4.79 Å². The zero-order chi connectivity index (χ0) is 19.8. The van der Waals surface area contributed by atoms with E-state index in [1.807, 2.05) is 67.6 Å². The molecule has 6 heteroatoms. The molecular formula is C22H21BrN2O3. The molecule has 0 radical (unpaired) electrons. The number of rotatable bonds is 8. The van der Waals surface area contributed by atoms with Crippen LogP contribution < -0.4 is 14.9 Å². The van der Waals surface area contributed by atoms with Crippen LogP contribution in [0.25, 0.3) is 10.8 Å². The molecule has 0 aromatic heterocycles. The first kappa shape index (κ1) is 19.9. The van der Waals surface area contributed by atoms with Gasteiger partial charge in [-0.15, -0.1) is 0 Å². The van der Waals surface area contributed by atoms with Gasteiger partial charge in [-0.2, -0.15) is 5.10 Å². The van der Waals surface area contributed by atoms with Crippen molar-refractivity contribution in [2.24, 2.45) is 5.10 Å². The summed E-state index contributed by atoms with van der Waals surface area (Å²) in [7, 11) is 0. The van der Waals surface area contributed by atoms with Gasteiger partial charge in [0, 0.05) is 10.0 Å². The van der Waals surface area contributed by atoms with Crippen LogP contribution in [0.5, 0.6) is 11.5 Å². The maximum Gasteiger partial charge on any atom is 0.243 e. The highest BCUT2D eigenvalue weighted by atomic mass is 79.9. The quantitative estimate of drug-likeness (QED) is 0.399. The Morgan fingerprint density at radius 3 is 2.79 bits per heavy atom. The maximum absolute atomic E-state index is 12.0. The molecule has 28 heavy (non-hydrogen) atoms. The molecule has 0 aliphatic rings. The Kier molecular flexibility index (Phi) is 7.03. The minimum atomic E-state index is -0.218. The van der Waals surface area contributed by atoms with Crippen LogP contribution in [0.1, 0.15) is 18.9 Å². The molecule has 0 fully saturated rings. The number of halogens is 1. The summed E-state index contributed by atoms with van der Waals surface area (Å²) in [6.45, 7) is 2.76. The van der Waals surface area contributed by atoms with Crippen molar-refractivity contribution < 1.29 is 14.3 Å². The summed E-state index contributed by atoms with van der Waals surface area (Å²) in [5.41, 5.74) is 3.39. The number of fused-ring (bicyclic) bond motifs is 1. The third-order valence-corrected chi connectivity index (χ3v) is 4.50. The van der Waals surface area contributed by atoms with Crippen molar-refractivity contribution in [3.63, 3.8) is 0 Å². The van der Waals surface area contributed by atoms with Crippen LogP contribution in [0.3, 0.4) is 0 Å².